The van der Waals surface area contributed by atoms with Crippen LogP contribution in [0, 0.1) is 0 Å². The Hall–Kier alpha value is -0.920. The molecule has 0 bridgehead atoms. The molecule has 18 heavy (non-hydrogen) atoms. The van der Waals surface area contributed by atoms with E-state index in [0.717, 1.165) is 12.3 Å². The summed E-state index contributed by atoms with van der Waals surface area (Å²) in [6.07, 6.45) is 2.82. The summed E-state index contributed by atoms with van der Waals surface area (Å²) >= 11 is 0. The van der Waals surface area contributed by atoms with Crippen LogP contribution < -0.4 is 4.72 Å². The zero-order chi connectivity index (χ0) is 13.5. The van der Waals surface area contributed by atoms with Crippen LogP contribution in [-0.4, -0.2) is 56.2 Å². The Morgan fingerprint density at radius 3 is 2.78 bits per heavy atom. The average Bonchev–Trinajstić information content (AvgIpc) is 2.59. The van der Waals surface area contributed by atoms with Crippen LogP contribution in [0.1, 0.15) is 20.3 Å². The van der Waals surface area contributed by atoms with Crippen molar-refractivity contribution in [3.8, 4) is 0 Å². The monoisotopic (exact) mass is 272 g/mol. The predicted molar refractivity (Wildman–Crippen MR) is 71.5 cm³/mol. The van der Waals surface area contributed by atoms with Gasteiger partial charge in [-0.1, -0.05) is 0 Å². The Kier molecular flexibility index (Phi) is 3.48. The minimum atomic E-state index is -3.37. The highest BCUT2D eigenvalue weighted by Crippen LogP contribution is 2.26. The minimum Gasteiger partial charge on any atom is -0.333 e. The summed E-state index contributed by atoms with van der Waals surface area (Å²) in [7, 11) is -0.313. The molecule has 0 aromatic carbocycles. The second-order valence-corrected chi connectivity index (χ2v) is 6.91. The number of hydrogen-bond donors (Lipinski definition) is 1. The molecule has 0 aromatic heterocycles. The first-order valence-electron chi connectivity index (χ1n) is 6.02. The van der Waals surface area contributed by atoms with Gasteiger partial charge >= 0.3 is 0 Å². The second-order valence-electron chi connectivity index (χ2n) is 4.99. The van der Waals surface area contributed by atoms with Crippen LogP contribution in [0.5, 0.6) is 0 Å². The highest BCUT2D eigenvalue weighted by molar-refractivity contribution is 7.87. The average molecular weight is 272 g/mol. The largest absolute Gasteiger partial charge is 0.333 e. The fourth-order valence-corrected chi connectivity index (χ4v) is 3.13. The molecule has 0 aliphatic carbocycles. The first-order valence-corrected chi connectivity index (χ1v) is 7.46. The van der Waals surface area contributed by atoms with E-state index in [1.165, 1.54) is 24.1 Å². The normalized spacial score (nSPS) is 28.2. The maximum absolute atomic E-state index is 11.8. The SMILES string of the molecule is CC1=N[C@@H](C)C=C2C[C@H](NS(=O)(=O)N(C)C)CN21. The molecule has 6 nitrogen and oxygen atoms in total. The molecule has 102 valence electrons. The summed E-state index contributed by atoms with van der Waals surface area (Å²) in [6.45, 7) is 4.65. The van der Waals surface area contributed by atoms with Crippen molar-refractivity contribution in [2.75, 3.05) is 20.6 Å². The molecule has 0 aromatic rings. The summed E-state index contributed by atoms with van der Waals surface area (Å²) in [5, 5.41) is 0. The van der Waals surface area contributed by atoms with Crippen molar-refractivity contribution in [1.29, 1.82) is 0 Å². The number of hydrogen-bond acceptors (Lipinski definition) is 4. The van der Waals surface area contributed by atoms with Crippen molar-refractivity contribution in [1.82, 2.24) is 13.9 Å². The third-order valence-corrected chi connectivity index (χ3v) is 4.81. The molecular weight excluding hydrogens is 252 g/mol. The van der Waals surface area contributed by atoms with Crippen LogP contribution in [0.15, 0.2) is 16.8 Å². The number of fused-ring (bicyclic) bond motifs is 1. The first kappa shape index (κ1) is 13.5. The molecule has 0 unspecified atom stereocenters. The van der Waals surface area contributed by atoms with Crippen LogP contribution in [0.25, 0.3) is 0 Å². The Bertz CT molecular complexity index is 495. The highest BCUT2D eigenvalue weighted by Gasteiger charge is 2.33. The van der Waals surface area contributed by atoms with Crippen LogP contribution in [0.4, 0.5) is 0 Å². The fraction of sp³-hybridized carbons (Fsp3) is 0.727. The lowest BCUT2D eigenvalue weighted by molar-refractivity contribution is 0.477. The van der Waals surface area contributed by atoms with E-state index in [1.807, 2.05) is 13.8 Å². The van der Waals surface area contributed by atoms with Crippen molar-refractivity contribution in [3.05, 3.63) is 11.8 Å². The molecule has 2 heterocycles. The molecule has 1 saturated heterocycles. The van der Waals surface area contributed by atoms with Gasteiger partial charge < -0.3 is 4.90 Å². The van der Waals surface area contributed by atoms with Gasteiger partial charge in [-0.25, -0.2) is 0 Å². The lowest BCUT2D eigenvalue weighted by atomic mass is 10.2. The summed E-state index contributed by atoms with van der Waals surface area (Å²) < 4.78 is 27.5. The van der Waals surface area contributed by atoms with Gasteiger partial charge in [-0.15, -0.1) is 0 Å². The Balaban J connectivity index is 2.10. The fourth-order valence-electron chi connectivity index (χ4n) is 2.34. The molecule has 2 atom stereocenters. The van der Waals surface area contributed by atoms with Gasteiger partial charge in [0.25, 0.3) is 10.2 Å². The lowest BCUT2D eigenvalue weighted by Gasteiger charge is -2.25. The molecule has 2 aliphatic heterocycles. The first-order chi connectivity index (χ1) is 8.29. The molecule has 0 saturated carbocycles. The van der Waals surface area contributed by atoms with Crippen molar-refractivity contribution >= 4 is 16.0 Å². The van der Waals surface area contributed by atoms with Crippen LogP contribution in [0.3, 0.4) is 0 Å². The third-order valence-electron chi connectivity index (χ3n) is 3.22. The van der Waals surface area contributed by atoms with Crippen molar-refractivity contribution in [2.45, 2.75) is 32.4 Å². The van der Waals surface area contributed by atoms with E-state index in [9.17, 15) is 8.42 Å². The van der Waals surface area contributed by atoms with Gasteiger partial charge in [-0.3, -0.25) is 4.99 Å². The molecule has 7 heteroatoms. The van der Waals surface area contributed by atoms with Gasteiger partial charge in [0, 0.05) is 38.8 Å². The number of rotatable bonds is 3. The van der Waals surface area contributed by atoms with E-state index >= 15 is 0 Å². The second kappa shape index (κ2) is 4.64. The van der Waals surface area contributed by atoms with E-state index < -0.39 is 10.2 Å². The number of amidine groups is 1. The Morgan fingerprint density at radius 2 is 2.17 bits per heavy atom. The number of aliphatic imine (C=N–C) groups is 1. The van der Waals surface area contributed by atoms with Crippen LogP contribution >= 0.6 is 0 Å². The Morgan fingerprint density at radius 1 is 1.50 bits per heavy atom. The van der Waals surface area contributed by atoms with E-state index in [-0.39, 0.29) is 12.1 Å². The van der Waals surface area contributed by atoms with Crippen molar-refractivity contribution < 1.29 is 8.42 Å². The summed E-state index contributed by atoms with van der Waals surface area (Å²) in [5.41, 5.74) is 1.17. The van der Waals surface area contributed by atoms with Gasteiger partial charge in [0.15, 0.2) is 0 Å². The van der Waals surface area contributed by atoms with Crippen LogP contribution in [0.2, 0.25) is 0 Å². The van der Waals surface area contributed by atoms with Gasteiger partial charge in [0.05, 0.1) is 6.04 Å². The van der Waals surface area contributed by atoms with E-state index in [0.29, 0.717) is 6.54 Å². The van der Waals surface area contributed by atoms with Gasteiger partial charge in [-0.2, -0.15) is 17.4 Å². The molecular formula is C11H20N4O2S. The van der Waals surface area contributed by atoms with Crippen LogP contribution in [-0.2, 0) is 10.2 Å². The molecule has 2 aliphatic rings. The van der Waals surface area contributed by atoms with Gasteiger partial charge in [0.2, 0.25) is 0 Å². The molecule has 2 rings (SSSR count). The van der Waals surface area contributed by atoms with Crippen molar-refractivity contribution in [3.63, 3.8) is 0 Å². The van der Waals surface area contributed by atoms with E-state index in [1.54, 1.807) is 0 Å². The summed E-state index contributed by atoms with van der Waals surface area (Å²) in [5.74, 6) is 0.964. The van der Waals surface area contributed by atoms with Crippen molar-refractivity contribution in [2.24, 2.45) is 4.99 Å². The third kappa shape index (κ3) is 2.57. The summed E-state index contributed by atoms with van der Waals surface area (Å²) in [6, 6.07) is 0.0968. The maximum atomic E-state index is 11.8. The zero-order valence-electron chi connectivity index (χ0n) is 11.2. The van der Waals surface area contributed by atoms with Gasteiger partial charge in [0.1, 0.15) is 5.84 Å². The maximum Gasteiger partial charge on any atom is 0.279 e. The standard InChI is InChI=1S/C11H20N4O2S/c1-8-5-11-6-10(7-15(11)9(2)12-8)13-18(16,17)14(3)4/h5,8,10,13H,6-7H2,1-4H3/t8-,10-/m0/s1. The topological polar surface area (TPSA) is 65.0 Å². The number of nitrogens with one attached hydrogen (secondary N) is 1. The molecule has 0 amide bonds. The quantitative estimate of drug-likeness (QED) is 0.796. The zero-order valence-corrected chi connectivity index (χ0v) is 12.0. The lowest BCUT2D eigenvalue weighted by Crippen LogP contribution is -2.43. The summed E-state index contributed by atoms with van der Waals surface area (Å²) in [4.78, 5) is 6.56. The van der Waals surface area contributed by atoms with Gasteiger partial charge in [-0.05, 0) is 19.9 Å². The highest BCUT2D eigenvalue weighted by atomic mass is 32.2. The smallest absolute Gasteiger partial charge is 0.279 e. The minimum absolute atomic E-state index is 0.0842. The van der Waals surface area contributed by atoms with E-state index in [2.05, 4.69) is 20.7 Å². The predicted octanol–water partition coefficient (Wildman–Crippen LogP) is 0.161. The molecule has 1 N–H and O–H groups in total. The number of nitrogens with zero attached hydrogens (tertiary/aromatic N) is 3. The molecule has 0 spiro atoms. The molecule has 0 radical (unpaired) electrons. The van der Waals surface area contributed by atoms with E-state index in [4.69, 9.17) is 0 Å². The Labute approximate surface area is 109 Å². The molecule has 1 fully saturated rings.